The highest BCUT2D eigenvalue weighted by Crippen LogP contribution is 2.64. The van der Waals surface area contributed by atoms with Crippen LogP contribution in [0.5, 0.6) is 0 Å². The Bertz CT molecular complexity index is 739. The number of hydrogen-bond donors (Lipinski definition) is 1. The van der Waals surface area contributed by atoms with E-state index in [1.165, 1.54) is 13.8 Å². The second-order valence-electron chi connectivity index (χ2n) is 10.2. The number of carbonyl (C=O) groups excluding carboxylic acids is 1. The summed E-state index contributed by atoms with van der Waals surface area (Å²) in [6, 6.07) is 0. The van der Waals surface area contributed by atoms with Crippen molar-refractivity contribution in [3.8, 4) is 0 Å². The lowest BCUT2D eigenvalue weighted by Gasteiger charge is -2.65. The van der Waals surface area contributed by atoms with Crippen molar-refractivity contribution in [1.82, 2.24) is 0 Å². The highest BCUT2D eigenvalue weighted by Gasteiger charge is 2.79. The van der Waals surface area contributed by atoms with E-state index in [4.69, 9.17) is 9.47 Å². The van der Waals surface area contributed by atoms with E-state index in [0.717, 1.165) is 0 Å². The van der Waals surface area contributed by atoms with Crippen molar-refractivity contribution in [1.29, 1.82) is 0 Å². The van der Waals surface area contributed by atoms with Crippen LogP contribution < -0.4 is 0 Å². The molecule has 0 aromatic rings. The molecule has 4 aliphatic rings. The second-order valence-corrected chi connectivity index (χ2v) is 10.2. The van der Waals surface area contributed by atoms with E-state index in [2.05, 4.69) is 6.58 Å². The van der Waals surface area contributed by atoms with Gasteiger partial charge in [-0.25, -0.2) is 4.79 Å². The molecule has 0 aliphatic heterocycles. The fourth-order valence-electron chi connectivity index (χ4n) is 6.16. The first kappa shape index (κ1) is 24.4. The largest absolute Gasteiger partial charge is 0.456 e. The summed E-state index contributed by atoms with van der Waals surface area (Å²) in [6.45, 7) is 7.84. The van der Waals surface area contributed by atoms with Crippen molar-refractivity contribution in [2.75, 3.05) is 0 Å². The molecule has 10 heteroatoms. The molecule has 4 aliphatic carbocycles. The maximum absolute atomic E-state index is 13.5. The minimum Gasteiger partial charge on any atom is -0.456 e. The van der Waals surface area contributed by atoms with Gasteiger partial charge in [-0.1, -0.05) is 6.58 Å². The molecule has 31 heavy (non-hydrogen) atoms. The summed E-state index contributed by atoms with van der Waals surface area (Å²) in [7, 11) is 0. The summed E-state index contributed by atoms with van der Waals surface area (Å²) < 4.78 is 92.4. The Hall–Kier alpha value is -1.29. The average Bonchev–Trinajstić information content (AvgIpc) is 2.55. The number of aliphatic hydroxyl groups is 1. The van der Waals surface area contributed by atoms with Crippen LogP contribution in [0, 0.1) is 17.8 Å². The topological polar surface area (TPSA) is 55.8 Å². The van der Waals surface area contributed by atoms with E-state index < -0.39 is 52.6 Å². The Kier molecular flexibility index (Phi) is 5.39. The number of ether oxygens (including phenoxy) is 2. The van der Waals surface area contributed by atoms with Crippen molar-refractivity contribution in [2.45, 2.75) is 94.6 Å². The zero-order chi connectivity index (χ0) is 23.8. The second kappa shape index (κ2) is 6.85. The molecule has 4 fully saturated rings. The average molecular weight is 458 g/mol. The van der Waals surface area contributed by atoms with E-state index in [0.29, 0.717) is 33.1 Å². The van der Waals surface area contributed by atoms with Gasteiger partial charge in [-0.2, -0.15) is 26.3 Å². The molecule has 1 N–H and O–H groups in total. The van der Waals surface area contributed by atoms with Crippen LogP contribution in [-0.4, -0.2) is 45.8 Å². The van der Waals surface area contributed by atoms with Crippen molar-refractivity contribution in [2.24, 2.45) is 17.8 Å². The predicted octanol–water partition coefficient (Wildman–Crippen LogP) is 5.09. The number of hydrogen-bond acceptors (Lipinski definition) is 4. The molecule has 0 spiro atoms. The van der Waals surface area contributed by atoms with Crippen LogP contribution in [0.3, 0.4) is 0 Å². The number of esters is 1. The molecular formula is C21H28F6O4. The van der Waals surface area contributed by atoms with Gasteiger partial charge in [-0.3, -0.25) is 0 Å². The number of rotatable bonds is 5. The normalized spacial score (nSPS) is 35.9. The van der Waals surface area contributed by atoms with Crippen molar-refractivity contribution in [3.05, 3.63) is 12.2 Å². The van der Waals surface area contributed by atoms with Crippen LogP contribution in [0.15, 0.2) is 12.2 Å². The van der Waals surface area contributed by atoms with Crippen molar-refractivity contribution in [3.63, 3.8) is 0 Å². The van der Waals surface area contributed by atoms with Crippen LogP contribution in [0.4, 0.5) is 26.3 Å². The van der Waals surface area contributed by atoms with Crippen LogP contribution in [0.2, 0.25) is 0 Å². The molecule has 2 unspecified atom stereocenters. The molecule has 0 heterocycles. The van der Waals surface area contributed by atoms with E-state index in [1.54, 1.807) is 0 Å². The van der Waals surface area contributed by atoms with Gasteiger partial charge in [-0.05, 0) is 77.6 Å². The van der Waals surface area contributed by atoms with Gasteiger partial charge in [0.05, 0.1) is 5.60 Å². The molecular weight excluding hydrogens is 430 g/mol. The summed E-state index contributed by atoms with van der Waals surface area (Å²) in [5.41, 5.74) is -9.99. The Morgan fingerprint density at radius 2 is 1.45 bits per heavy atom. The fourth-order valence-corrected chi connectivity index (χ4v) is 6.16. The first-order valence-corrected chi connectivity index (χ1v) is 10.2. The third-order valence-electron chi connectivity index (χ3n) is 7.58. The van der Waals surface area contributed by atoms with Gasteiger partial charge in [0.15, 0.2) is 0 Å². The Morgan fingerprint density at radius 1 is 1.00 bits per heavy atom. The minimum atomic E-state index is -5.99. The summed E-state index contributed by atoms with van der Waals surface area (Å²) >= 11 is 0. The monoisotopic (exact) mass is 458 g/mol. The molecule has 4 bridgehead atoms. The highest BCUT2D eigenvalue weighted by atomic mass is 19.4. The zero-order valence-electron chi connectivity index (χ0n) is 17.9. The summed E-state index contributed by atoms with van der Waals surface area (Å²) in [5, 5.41) is 9.96. The summed E-state index contributed by atoms with van der Waals surface area (Å²) in [6.07, 6.45) is -9.72. The van der Waals surface area contributed by atoms with E-state index >= 15 is 0 Å². The van der Waals surface area contributed by atoms with Crippen LogP contribution in [-0.2, 0) is 14.3 Å². The van der Waals surface area contributed by atoms with Gasteiger partial charge in [0.1, 0.15) is 11.2 Å². The van der Waals surface area contributed by atoms with Crippen molar-refractivity contribution >= 4 is 5.97 Å². The van der Waals surface area contributed by atoms with Crippen molar-refractivity contribution < 1.29 is 45.7 Å². The van der Waals surface area contributed by atoms with Gasteiger partial charge in [0.25, 0.3) is 5.60 Å². The third-order valence-corrected chi connectivity index (χ3v) is 7.58. The quantitative estimate of drug-likeness (QED) is 0.354. The van der Waals surface area contributed by atoms with Gasteiger partial charge in [0, 0.05) is 5.57 Å². The lowest BCUT2D eigenvalue weighted by molar-refractivity contribution is -0.428. The summed E-state index contributed by atoms with van der Waals surface area (Å²) in [5.74, 6) is -1.25. The van der Waals surface area contributed by atoms with Gasteiger partial charge >= 0.3 is 18.3 Å². The molecule has 2 atom stereocenters. The first-order valence-electron chi connectivity index (χ1n) is 10.2. The van der Waals surface area contributed by atoms with E-state index in [1.807, 2.05) is 0 Å². The molecule has 4 rings (SSSR count). The van der Waals surface area contributed by atoms with Gasteiger partial charge in [0.2, 0.25) is 0 Å². The summed E-state index contributed by atoms with van der Waals surface area (Å²) in [4.78, 5) is 12.1. The Morgan fingerprint density at radius 3 is 1.84 bits per heavy atom. The lowest BCUT2D eigenvalue weighted by atomic mass is 9.48. The first-order chi connectivity index (χ1) is 13.8. The van der Waals surface area contributed by atoms with E-state index in [-0.39, 0.29) is 24.3 Å². The number of halogens is 6. The number of carbonyl (C=O) groups is 1. The van der Waals surface area contributed by atoms with Crippen LogP contribution in [0.1, 0.15) is 59.8 Å². The highest BCUT2D eigenvalue weighted by molar-refractivity contribution is 5.87. The molecule has 0 radical (unpaired) electrons. The fraction of sp³-hybridized carbons (Fsp3) is 0.857. The smallest absolute Gasteiger partial charge is 0.429 e. The maximum Gasteiger partial charge on any atom is 0.429 e. The van der Waals surface area contributed by atoms with Crippen LogP contribution >= 0.6 is 0 Å². The molecule has 0 saturated heterocycles. The zero-order valence-corrected chi connectivity index (χ0v) is 17.9. The molecule has 0 aromatic heterocycles. The van der Waals surface area contributed by atoms with Gasteiger partial charge < -0.3 is 14.6 Å². The predicted molar refractivity (Wildman–Crippen MR) is 97.8 cm³/mol. The standard InChI is InChI=1S/C21H28F6O4/c1-11(2)15(28)30-18-8-12-6-13(9-18)17(5,14(7-12)10-18)31-16(3,4)19(29,20(22,23)24)21(25,26)27/h12-14,29H,1,6-10H2,2-5H3. The van der Waals surface area contributed by atoms with Crippen LogP contribution in [0.25, 0.3) is 0 Å². The molecule has 4 nitrogen and oxygen atoms in total. The third kappa shape index (κ3) is 3.57. The molecule has 4 saturated carbocycles. The Labute approximate surface area is 177 Å². The minimum absolute atomic E-state index is 0.138. The maximum atomic E-state index is 13.5. The van der Waals surface area contributed by atoms with Gasteiger partial charge in [-0.15, -0.1) is 0 Å². The SMILES string of the molecule is C=C(C)C(=O)OC12CC3CC(C1)C(C)(OC(C)(C)C(O)(C(F)(F)F)C(F)(F)F)C(C3)C2. The van der Waals surface area contributed by atoms with E-state index in [9.17, 15) is 36.2 Å². The Balaban J connectivity index is 1.93. The lowest BCUT2D eigenvalue weighted by Crippen LogP contribution is -2.73. The molecule has 0 aromatic carbocycles. The molecule has 178 valence electrons. The number of alkyl halides is 6. The molecule has 0 amide bonds.